The largest absolute Gasteiger partial charge is 0.495 e. The topological polar surface area (TPSA) is 107 Å². The number of methoxy groups -OCH3 is 2. The highest BCUT2D eigenvalue weighted by molar-refractivity contribution is 6.02. The van der Waals surface area contributed by atoms with Crippen LogP contribution in [0.15, 0.2) is 64.5 Å². The van der Waals surface area contributed by atoms with Crippen molar-refractivity contribution < 1.29 is 9.47 Å². The second-order valence-electron chi connectivity index (χ2n) is 9.17. The van der Waals surface area contributed by atoms with E-state index < -0.39 is 5.60 Å². The Kier molecular flexibility index (Phi) is 5.91. The van der Waals surface area contributed by atoms with Gasteiger partial charge in [0.15, 0.2) is 0 Å². The Balaban J connectivity index is 1.82. The van der Waals surface area contributed by atoms with Crippen molar-refractivity contribution in [1.29, 1.82) is 0 Å². The minimum absolute atomic E-state index is 0.309. The molecule has 0 bridgehead atoms. The molecule has 180 valence electrons. The molecule has 9 heteroatoms. The number of aromatic nitrogens is 2. The number of hydrogen-bond donors (Lipinski definition) is 2. The molecule has 0 atom stereocenters. The molecule has 1 aromatic heterocycles. The molecule has 3 heterocycles. The van der Waals surface area contributed by atoms with Gasteiger partial charge in [0.05, 0.1) is 36.3 Å². The number of aryl methyl sites for hydroxylation is 2. The number of nitrogens with zero attached hydrogens (tertiary/aromatic N) is 5. The molecule has 4 N–H and O–H groups in total. The Morgan fingerprint density at radius 2 is 1.85 bits per heavy atom. The van der Waals surface area contributed by atoms with Crippen LogP contribution in [0.1, 0.15) is 26.5 Å². The molecule has 1 aromatic carbocycles. The molecular weight excluding hydrogens is 430 g/mol. The quantitative estimate of drug-likeness (QED) is 0.677. The van der Waals surface area contributed by atoms with Crippen molar-refractivity contribution in [2.24, 2.45) is 23.5 Å². The number of ether oxygens (including phenoxy) is 2. The first-order valence-electron chi connectivity index (χ1n) is 11.1. The minimum atomic E-state index is -0.401. The Morgan fingerprint density at radius 1 is 1.12 bits per heavy atom. The first kappa shape index (κ1) is 23.4. The predicted molar refractivity (Wildman–Crippen MR) is 135 cm³/mol. The fraction of sp³-hybridized carbons (Fsp3) is 0.360. The monoisotopic (exact) mass is 463 g/mol. The van der Waals surface area contributed by atoms with E-state index in [1.54, 1.807) is 25.1 Å². The third kappa shape index (κ3) is 4.03. The molecule has 2 aliphatic heterocycles. The first-order valence-corrected chi connectivity index (χ1v) is 11.1. The predicted octanol–water partition coefficient (Wildman–Crippen LogP) is 3.19. The van der Waals surface area contributed by atoms with Crippen molar-refractivity contribution in [2.75, 3.05) is 25.7 Å². The maximum absolute atomic E-state index is 6.78. The summed E-state index contributed by atoms with van der Waals surface area (Å²) in [6.45, 7) is 8.64. The molecule has 0 saturated carbocycles. The number of nitrogens with two attached hydrogens (primary N) is 2. The number of guanidine groups is 1. The lowest BCUT2D eigenvalue weighted by molar-refractivity contribution is 0.00493. The van der Waals surface area contributed by atoms with E-state index in [0.717, 1.165) is 39.5 Å². The molecule has 0 spiro atoms. The van der Waals surface area contributed by atoms with Gasteiger partial charge < -0.3 is 25.8 Å². The van der Waals surface area contributed by atoms with Gasteiger partial charge in [-0.1, -0.05) is 6.07 Å². The maximum Gasteiger partial charge on any atom is 0.205 e. The second-order valence-corrected chi connectivity index (χ2v) is 9.17. The highest BCUT2D eigenvalue weighted by Crippen LogP contribution is 2.41. The van der Waals surface area contributed by atoms with Crippen molar-refractivity contribution in [1.82, 2.24) is 14.7 Å². The van der Waals surface area contributed by atoms with Crippen LogP contribution < -0.4 is 21.1 Å². The number of allylic oxidation sites excluding steroid dienone is 2. The third-order valence-electron chi connectivity index (χ3n) is 6.22. The molecule has 0 aliphatic carbocycles. The lowest BCUT2D eigenvalue weighted by Gasteiger charge is -2.40. The zero-order valence-corrected chi connectivity index (χ0v) is 20.9. The van der Waals surface area contributed by atoms with Crippen LogP contribution >= 0.6 is 0 Å². The van der Waals surface area contributed by atoms with Crippen LogP contribution in [0.2, 0.25) is 0 Å². The fourth-order valence-electron chi connectivity index (χ4n) is 4.30. The normalized spacial score (nSPS) is 16.3. The highest BCUT2D eigenvalue weighted by atomic mass is 16.5. The van der Waals surface area contributed by atoms with E-state index in [9.17, 15) is 0 Å². The molecule has 2 aromatic rings. The molecular formula is C25H33N7O2. The molecule has 0 amide bonds. The minimum Gasteiger partial charge on any atom is -0.495 e. The van der Waals surface area contributed by atoms with Gasteiger partial charge in [-0.3, -0.25) is 9.58 Å². The molecule has 2 aliphatic rings. The lowest BCUT2D eigenvalue weighted by atomic mass is 10.0. The number of anilines is 1. The van der Waals surface area contributed by atoms with E-state index >= 15 is 0 Å². The summed E-state index contributed by atoms with van der Waals surface area (Å²) < 4.78 is 13.3. The van der Waals surface area contributed by atoms with E-state index in [4.69, 9.17) is 20.9 Å². The zero-order chi connectivity index (χ0) is 24.8. The lowest BCUT2D eigenvalue weighted by Crippen LogP contribution is -2.47. The van der Waals surface area contributed by atoms with Gasteiger partial charge in [0.2, 0.25) is 5.96 Å². The zero-order valence-electron chi connectivity index (χ0n) is 20.9. The summed E-state index contributed by atoms with van der Waals surface area (Å²) in [5.74, 6) is 1.53. The average molecular weight is 464 g/mol. The molecule has 34 heavy (non-hydrogen) atoms. The summed E-state index contributed by atoms with van der Waals surface area (Å²) >= 11 is 0. The number of fused-ring (bicyclic) bond motifs is 1. The van der Waals surface area contributed by atoms with E-state index in [2.05, 4.69) is 16.2 Å². The summed E-state index contributed by atoms with van der Waals surface area (Å²) in [4.78, 5) is 8.33. The van der Waals surface area contributed by atoms with E-state index in [-0.39, 0.29) is 0 Å². The third-order valence-corrected chi connectivity index (χ3v) is 6.22. The highest BCUT2D eigenvalue weighted by Gasteiger charge is 2.34. The molecule has 0 radical (unpaired) electrons. The smallest absolute Gasteiger partial charge is 0.205 e. The van der Waals surface area contributed by atoms with Gasteiger partial charge in [0, 0.05) is 43.4 Å². The van der Waals surface area contributed by atoms with E-state index in [0.29, 0.717) is 24.1 Å². The summed E-state index contributed by atoms with van der Waals surface area (Å²) in [7, 11) is 5.25. The summed E-state index contributed by atoms with van der Waals surface area (Å²) in [5.41, 5.74) is 19.2. The fourth-order valence-corrected chi connectivity index (χ4v) is 4.30. The van der Waals surface area contributed by atoms with Crippen LogP contribution in [0.3, 0.4) is 0 Å². The number of aliphatic imine (C=N–C) groups is 1. The van der Waals surface area contributed by atoms with E-state index in [1.165, 1.54) is 0 Å². The van der Waals surface area contributed by atoms with Crippen LogP contribution in [-0.4, -0.2) is 47.0 Å². The molecule has 9 nitrogen and oxygen atoms in total. The maximum atomic E-state index is 6.78. The van der Waals surface area contributed by atoms with Gasteiger partial charge in [-0.05, 0) is 51.5 Å². The Morgan fingerprint density at radius 3 is 2.47 bits per heavy atom. The summed E-state index contributed by atoms with van der Waals surface area (Å²) in [5, 5.41) is 4.46. The molecule has 4 rings (SSSR count). The van der Waals surface area contributed by atoms with Crippen LogP contribution in [0, 0.1) is 6.92 Å². The van der Waals surface area contributed by atoms with Crippen molar-refractivity contribution >= 4 is 11.6 Å². The number of benzene rings is 1. The average Bonchev–Trinajstić information content (AvgIpc) is 3.14. The van der Waals surface area contributed by atoms with Crippen molar-refractivity contribution in [3.8, 4) is 16.9 Å². The Bertz CT molecular complexity index is 1250. The first-order chi connectivity index (χ1) is 16.1. The van der Waals surface area contributed by atoms with E-state index in [1.807, 2.05) is 68.9 Å². The molecule has 0 unspecified atom stereocenters. The van der Waals surface area contributed by atoms with Gasteiger partial charge in [0.25, 0.3) is 0 Å². The molecule has 0 saturated heterocycles. The Labute approximate surface area is 200 Å². The second kappa shape index (κ2) is 8.57. The Hall–Kier alpha value is -3.72. The van der Waals surface area contributed by atoms with Crippen molar-refractivity contribution in [3.05, 3.63) is 65.2 Å². The molecule has 0 fully saturated rings. The van der Waals surface area contributed by atoms with Crippen LogP contribution in [0.4, 0.5) is 5.69 Å². The van der Waals surface area contributed by atoms with Gasteiger partial charge in [0.1, 0.15) is 11.6 Å². The van der Waals surface area contributed by atoms with Gasteiger partial charge >= 0.3 is 0 Å². The van der Waals surface area contributed by atoms with Gasteiger partial charge in [-0.25, -0.2) is 4.99 Å². The van der Waals surface area contributed by atoms with Crippen molar-refractivity contribution in [2.45, 2.75) is 33.3 Å². The van der Waals surface area contributed by atoms with Gasteiger partial charge in [-0.15, -0.1) is 0 Å². The van der Waals surface area contributed by atoms with Crippen LogP contribution in [0.5, 0.6) is 5.75 Å². The number of hydrogen-bond acceptors (Lipinski definition) is 8. The standard InChI is InChI=1S/C25H33N7O2/c1-15-10-18-12-28-24(27)32(22(18)23(26)31(15)14-25(3,4)34-7)20-9-8-17(11-21(20)33-6)19-13-30(5)29-16(19)2/h8-13H,14,26H2,1-7H3,(H2,27,28). The van der Waals surface area contributed by atoms with Crippen LogP contribution in [0.25, 0.3) is 11.1 Å². The van der Waals surface area contributed by atoms with Crippen LogP contribution in [-0.2, 0) is 11.8 Å². The van der Waals surface area contributed by atoms with Gasteiger partial charge in [-0.2, -0.15) is 5.10 Å². The SMILES string of the molecule is COc1cc(-c2cn(C)nc2C)ccc1N1C(N)=NC=C2C=C(C)N(CC(C)(C)OC)C(N)=C21. The summed E-state index contributed by atoms with van der Waals surface area (Å²) in [6.07, 6.45) is 5.79. The van der Waals surface area contributed by atoms with Crippen molar-refractivity contribution in [3.63, 3.8) is 0 Å². The number of rotatable bonds is 6. The summed E-state index contributed by atoms with van der Waals surface area (Å²) in [6, 6.07) is 5.98.